The van der Waals surface area contributed by atoms with Crippen molar-refractivity contribution in [1.82, 2.24) is 4.90 Å². The van der Waals surface area contributed by atoms with E-state index in [2.05, 4.69) is 11.8 Å². The van der Waals surface area contributed by atoms with E-state index in [0.717, 1.165) is 38.2 Å². The van der Waals surface area contributed by atoms with Gasteiger partial charge in [-0.15, -0.1) is 0 Å². The standard InChI is InChI=1S/C21H22N2O3/c1-2-22-13-5-6-17(14-22)26-16-11-9-15(10-12-16)23-20(24)18-7-3-4-8-19(18)21(23)25/h3-4,7-12,17H,2,5-6,13-14H2,1H3. The summed E-state index contributed by atoms with van der Waals surface area (Å²) in [6.07, 6.45) is 2.39. The van der Waals surface area contributed by atoms with Gasteiger partial charge in [0.05, 0.1) is 16.8 Å². The van der Waals surface area contributed by atoms with Gasteiger partial charge in [0, 0.05) is 6.54 Å². The minimum atomic E-state index is -0.273. The average Bonchev–Trinajstić information content (AvgIpc) is 2.94. The van der Waals surface area contributed by atoms with Crippen molar-refractivity contribution in [3.63, 3.8) is 0 Å². The van der Waals surface area contributed by atoms with Crippen molar-refractivity contribution >= 4 is 17.5 Å². The number of carbonyl (C=O) groups is 2. The van der Waals surface area contributed by atoms with E-state index < -0.39 is 0 Å². The Balaban J connectivity index is 1.49. The van der Waals surface area contributed by atoms with Crippen molar-refractivity contribution in [2.24, 2.45) is 0 Å². The highest BCUT2D eigenvalue weighted by Crippen LogP contribution is 2.30. The Morgan fingerprint density at radius 1 is 1.00 bits per heavy atom. The first-order valence-corrected chi connectivity index (χ1v) is 9.14. The normalized spacial score (nSPS) is 20.3. The first kappa shape index (κ1) is 16.8. The van der Waals surface area contributed by atoms with E-state index in [1.54, 1.807) is 36.4 Å². The number of amides is 2. The quantitative estimate of drug-likeness (QED) is 0.794. The molecule has 4 rings (SSSR count). The molecule has 0 saturated carbocycles. The lowest BCUT2D eigenvalue weighted by Crippen LogP contribution is -2.40. The van der Waals surface area contributed by atoms with Gasteiger partial charge in [-0.3, -0.25) is 14.5 Å². The number of imide groups is 1. The smallest absolute Gasteiger partial charge is 0.266 e. The van der Waals surface area contributed by atoms with Gasteiger partial charge in [-0.1, -0.05) is 19.1 Å². The van der Waals surface area contributed by atoms with E-state index in [4.69, 9.17) is 4.74 Å². The summed E-state index contributed by atoms with van der Waals surface area (Å²) < 4.78 is 6.09. The summed E-state index contributed by atoms with van der Waals surface area (Å²) in [5, 5.41) is 0. The van der Waals surface area contributed by atoms with Crippen LogP contribution in [0, 0.1) is 0 Å². The highest BCUT2D eigenvalue weighted by molar-refractivity contribution is 6.34. The molecule has 2 amide bonds. The van der Waals surface area contributed by atoms with Crippen LogP contribution in [-0.4, -0.2) is 42.5 Å². The molecule has 2 aliphatic rings. The molecular weight excluding hydrogens is 328 g/mol. The Labute approximate surface area is 153 Å². The SMILES string of the molecule is CCN1CCCC(Oc2ccc(N3C(=O)c4ccccc4C3=O)cc2)C1. The van der Waals surface area contributed by atoms with E-state index in [1.807, 2.05) is 12.1 Å². The number of ether oxygens (including phenoxy) is 1. The van der Waals surface area contributed by atoms with Crippen LogP contribution in [0.25, 0.3) is 0 Å². The van der Waals surface area contributed by atoms with Crippen LogP contribution in [0.2, 0.25) is 0 Å². The zero-order valence-corrected chi connectivity index (χ0v) is 14.9. The maximum absolute atomic E-state index is 12.5. The fourth-order valence-electron chi connectivity index (χ4n) is 3.69. The van der Waals surface area contributed by atoms with Crippen LogP contribution in [0.4, 0.5) is 5.69 Å². The molecule has 2 aromatic rings. The van der Waals surface area contributed by atoms with Gasteiger partial charge in [0.25, 0.3) is 11.8 Å². The third-order valence-corrected chi connectivity index (χ3v) is 5.10. The second-order valence-electron chi connectivity index (χ2n) is 6.76. The molecule has 134 valence electrons. The lowest BCUT2D eigenvalue weighted by molar-refractivity contribution is 0.0913. The van der Waals surface area contributed by atoms with E-state index >= 15 is 0 Å². The number of anilines is 1. The Bertz CT molecular complexity index is 796. The molecule has 0 aliphatic carbocycles. The summed E-state index contributed by atoms with van der Waals surface area (Å²) in [7, 11) is 0. The van der Waals surface area contributed by atoms with Crippen LogP contribution in [0.1, 0.15) is 40.5 Å². The first-order chi connectivity index (χ1) is 12.7. The zero-order chi connectivity index (χ0) is 18.1. The Morgan fingerprint density at radius 2 is 1.65 bits per heavy atom. The van der Waals surface area contributed by atoms with Crippen molar-refractivity contribution in [2.45, 2.75) is 25.9 Å². The van der Waals surface area contributed by atoms with Crippen LogP contribution >= 0.6 is 0 Å². The van der Waals surface area contributed by atoms with Gasteiger partial charge >= 0.3 is 0 Å². The lowest BCUT2D eigenvalue weighted by Gasteiger charge is -2.32. The molecular formula is C21H22N2O3. The second kappa shape index (κ2) is 6.92. The molecule has 5 heteroatoms. The number of rotatable bonds is 4. The van der Waals surface area contributed by atoms with Gasteiger partial charge in [0.15, 0.2) is 0 Å². The van der Waals surface area contributed by atoms with Gasteiger partial charge < -0.3 is 4.74 Å². The molecule has 2 heterocycles. The number of hydrogen-bond donors (Lipinski definition) is 0. The largest absolute Gasteiger partial charge is 0.489 e. The molecule has 26 heavy (non-hydrogen) atoms. The predicted molar refractivity (Wildman–Crippen MR) is 99.8 cm³/mol. The summed E-state index contributed by atoms with van der Waals surface area (Å²) in [4.78, 5) is 28.7. The predicted octanol–water partition coefficient (Wildman–Crippen LogP) is 3.35. The fraction of sp³-hybridized carbons (Fsp3) is 0.333. The molecule has 1 fully saturated rings. The van der Waals surface area contributed by atoms with Crippen molar-refractivity contribution in [1.29, 1.82) is 0 Å². The van der Waals surface area contributed by atoms with Crippen molar-refractivity contribution in [3.05, 3.63) is 59.7 Å². The molecule has 5 nitrogen and oxygen atoms in total. The molecule has 1 atom stereocenters. The second-order valence-corrected chi connectivity index (χ2v) is 6.76. The minimum absolute atomic E-state index is 0.189. The Hall–Kier alpha value is -2.66. The van der Waals surface area contributed by atoms with Gasteiger partial charge in [-0.2, -0.15) is 0 Å². The summed E-state index contributed by atoms with van der Waals surface area (Å²) in [6.45, 7) is 5.28. The maximum atomic E-state index is 12.5. The molecule has 0 aromatic heterocycles. The van der Waals surface area contributed by atoms with Crippen molar-refractivity contribution in [3.8, 4) is 5.75 Å². The number of likely N-dealkylation sites (tertiary alicyclic amines) is 1. The third-order valence-electron chi connectivity index (χ3n) is 5.10. The Morgan fingerprint density at radius 3 is 2.27 bits per heavy atom. The van der Waals surface area contributed by atoms with Gasteiger partial charge in [0.2, 0.25) is 0 Å². The monoisotopic (exact) mass is 350 g/mol. The molecule has 2 aliphatic heterocycles. The zero-order valence-electron chi connectivity index (χ0n) is 14.9. The lowest BCUT2D eigenvalue weighted by atomic mass is 10.1. The molecule has 1 saturated heterocycles. The van der Waals surface area contributed by atoms with E-state index in [0.29, 0.717) is 16.8 Å². The van der Waals surface area contributed by atoms with E-state index in [9.17, 15) is 9.59 Å². The molecule has 1 unspecified atom stereocenters. The summed E-state index contributed by atoms with van der Waals surface area (Å²) in [5.41, 5.74) is 1.49. The number of likely N-dealkylation sites (N-methyl/N-ethyl adjacent to an activating group) is 1. The summed E-state index contributed by atoms with van der Waals surface area (Å²) >= 11 is 0. The minimum Gasteiger partial charge on any atom is -0.489 e. The number of hydrogen-bond acceptors (Lipinski definition) is 4. The van der Waals surface area contributed by atoms with Crippen molar-refractivity contribution < 1.29 is 14.3 Å². The van der Waals surface area contributed by atoms with E-state index in [1.165, 1.54) is 4.90 Å². The average molecular weight is 350 g/mol. The number of nitrogens with zero attached hydrogens (tertiary/aromatic N) is 2. The highest BCUT2D eigenvalue weighted by Gasteiger charge is 2.36. The fourth-order valence-corrected chi connectivity index (χ4v) is 3.69. The summed E-state index contributed by atoms with van der Waals surface area (Å²) in [5.74, 6) is 0.226. The number of fused-ring (bicyclic) bond motifs is 1. The van der Waals surface area contributed by atoms with Crippen LogP contribution in [0.3, 0.4) is 0 Å². The van der Waals surface area contributed by atoms with Crippen LogP contribution in [0.15, 0.2) is 48.5 Å². The van der Waals surface area contributed by atoms with Gasteiger partial charge in [-0.25, -0.2) is 4.90 Å². The third kappa shape index (κ3) is 2.99. The molecule has 0 radical (unpaired) electrons. The molecule has 2 aromatic carbocycles. The molecule has 0 spiro atoms. The van der Waals surface area contributed by atoms with E-state index in [-0.39, 0.29) is 17.9 Å². The highest BCUT2D eigenvalue weighted by atomic mass is 16.5. The molecule has 0 bridgehead atoms. The first-order valence-electron chi connectivity index (χ1n) is 9.14. The van der Waals surface area contributed by atoms with Gasteiger partial charge in [-0.05, 0) is 62.3 Å². The van der Waals surface area contributed by atoms with Crippen molar-refractivity contribution in [2.75, 3.05) is 24.5 Å². The van der Waals surface area contributed by atoms with Crippen LogP contribution < -0.4 is 9.64 Å². The van der Waals surface area contributed by atoms with Crippen LogP contribution in [0.5, 0.6) is 5.75 Å². The number of benzene rings is 2. The maximum Gasteiger partial charge on any atom is 0.266 e. The van der Waals surface area contributed by atoms with Gasteiger partial charge in [0.1, 0.15) is 11.9 Å². The number of carbonyl (C=O) groups excluding carboxylic acids is 2. The van der Waals surface area contributed by atoms with Crippen LogP contribution in [-0.2, 0) is 0 Å². The topological polar surface area (TPSA) is 49.9 Å². The molecule has 0 N–H and O–H groups in total. The summed E-state index contributed by atoms with van der Waals surface area (Å²) in [6, 6.07) is 14.1. The Kier molecular flexibility index (Phi) is 4.47. The number of piperidine rings is 1.